The normalized spacial score (nSPS) is 21.0. The zero-order chi connectivity index (χ0) is 24.3. The molecule has 8 heteroatoms. The van der Waals surface area contributed by atoms with Gasteiger partial charge < -0.3 is 25.6 Å². The first-order chi connectivity index (χ1) is 16.5. The molecular weight excluding hydrogens is 452 g/mol. The van der Waals surface area contributed by atoms with E-state index in [1.807, 2.05) is 36.2 Å². The molecule has 1 aromatic carbocycles. The lowest BCUT2D eigenvalue weighted by Crippen LogP contribution is -2.52. The van der Waals surface area contributed by atoms with Gasteiger partial charge in [-0.25, -0.2) is 4.79 Å². The number of hydrogen-bond acceptors (Lipinski definition) is 4. The number of halogens is 1. The van der Waals surface area contributed by atoms with Crippen LogP contribution in [0.2, 0.25) is 5.02 Å². The topological polar surface area (TPSA) is 82.7 Å². The van der Waals surface area contributed by atoms with Crippen molar-refractivity contribution in [3.8, 4) is 0 Å². The summed E-state index contributed by atoms with van der Waals surface area (Å²) in [6.07, 6.45) is 9.04. The summed E-state index contributed by atoms with van der Waals surface area (Å²) in [6.45, 7) is 2.07. The molecule has 0 spiro atoms. The number of benzene rings is 1. The maximum atomic E-state index is 13.3. The molecule has 3 rings (SSSR count). The monoisotopic (exact) mass is 492 g/mol. The first-order valence-electron chi connectivity index (χ1n) is 12.8. The van der Waals surface area contributed by atoms with E-state index in [4.69, 9.17) is 16.3 Å². The molecule has 1 saturated heterocycles. The van der Waals surface area contributed by atoms with Crippen LogP contribution < -0.4 is 16.0 Å². The molecule has 0 aromatic heterocycles. The van der Waals surface area contributed by atoms with E-state index in [2.05, 4.69) is 16.0 Å². The average Bonchev–Trinajstić information content (AvgIpc) is 2.85. The van der Waals surface area contributed by atoms with Gasteiger partial charge in [0, 0.05) is 43.7 Å². The van der Waals surface area contributed by atoms with Crippen LogP contribution in [0.1, 0.15) is 63.0 Å². The van der Waals surface area contributed by atoms with E-state index in [0.717, 1.165) is 37.9 Å². The fraction of sp³-hybridized carbons (Fsp3) is 0.692. The molecule has 0 radical (unpaired) electrons. The molecule has 34 heavy (non-hydrogen) atoms. The molecule has 1 aliphatic carbocycles. The quantitative estimate of drug-likeness (QED) is 0.458. The van der Waals surface area contributed by atoms with Gasteiger partial charge in [0.25, 0.3) is 0 Å². The van der Waals surface area contributed by atoms with E-state index in [0.29, 0.717) is 17.5 Å². The van der Waals surface area contributed by atoms with Crippen LogP contribution in [0.15, 0.2) is 24.3 Å². The van der Waals surface area contributed by atoms with Gasteiger partial charge in [0.2, 0.25) is 5.91 Å². The second-order valence-corrected chi connectivity index (χ2v) is 10.2. The average molecular weight is 493 g/mol. The summed E-state index contributed by atoms with van der Waals surface area (Å²) in [6, 6.07) is 7.73. The molecule has 190 valence electrons. The van der Waals surface area contributed by atoms with Gasteiger partial charge in [0.05, 0.1) is 6.10 Å². The van der Waals surface area contributed by atoms with Crippen molar-refractivity contribution < 1.29 is 14.3 Å². The molecule has 1 heterocycles. The minimum atomic E-state index is -0.304. The van der Waals surface area contributed by atoms with Crippen molar-refractivity contribution in [2.75, 3.05) is 40.3 Å². The summed E-state index contributed by atoms with van der Waals surface area (Å²) in [4.78, 5) is 27.0. The van der Waals surface area contributed by atoms with Crippen LogP contribution in [-0.2, 0) is 9.53 Å². The third-order valence-corrected chi connectivity index (χ3v) is 7.38. The van der Waals surface area contributed by atoms with Gasteiger partial charge in [-0.15, -0.1) is 0 Å². The van der Waals surface area contributed by atoms with Crippen molar-refractivity contribution in [1.29, 1.82) is 0 Å². The van der Waals surface area contributed by atoms with Crippen LogP contribution in [0.4, 0.5) is 4.79 Å². The van der Waals surface area contributed by atoms with Gasteiger partial charge in [0.15, 0.2) is 0 Å². The van der Waals surface area contributed by atoms with E-state index < -0.39 is 0 Å². The number of likely N-dealkylation sites (N-methyl/N-ethyl adjacent to an activating group) is 2. The molecule has 1 aliphatic heterocycles. The van der Waals surface area contributed by atoms with Gasteiger partial charge in [-0.3, -0.25) is 4.79 Å². The minimum absolute atomic E-state index is 0.00287. The van der Waals surface area contributed by atoms with E-state index >= 15 is 0 Å². The Kier molecular flexibility index (Phi) is 10.9. The highest BCUT2D eigenvalue weighted by Gasteiger charge is 2.32. The summed E-state index contributed by atoms with van der Waals surface area (Å²) >= 11 is 6.25. The molecule has 0 bridgehead atoms. The van der Waals surface area contributed by atoms with Crippen molar-refractivity contribution in [3.63, 3.8) is 0 Å². The van der Waals surface area contributed by atoms with E-state index in [1.54, 1.807) is 7.05 Å². The number of rotatable bonds is 10. The SMILES string of the molecule is CNCC(CC1CCCCC1)NC(=O)N1CCC[C@@H]([C@@H](OCC(=O)NC)c2cccc(Cl)c2)C1. The lowest BCUT2D eigenvalue weighted by atomic mass is 9.85. The summed E-state index contributed by atoms with van der Waals surface area (Å²) in [5, 5.41) is 9.79. The Hall–Kier alpha value is -1.83. The zero-order valence-electron chi connectivity index (χ0n) is 20.7. The van der Waals surface area contributed by atoms with Crippen LogP contribution in [0.25, 0.3) is 0 Å². The Balaban J connectivity index is 1.65. The van der Waals surface area contributed by atoms with E-state index in [9.17, 15) is 9.59 Å². The zero-order valence-corrected chi connectivity index (χ0v) is 21.4. The number of ether oxygens (including phenoxy) is 1. The number of nitrogens with zero attached hydrogens (tertiary/aromatic N) is 1. The van der Waals surface area contributed by atoms with Gasteiger partial charge in [-0.05, 0) is 49.9 Å². The molecule has 3 N–H and O–H groups in total. The van der Waals surface area contributed by atoms with Crippen LogP contribution in [0, 0.1) is 11.8 Å². The first-order valence-corrected chi connectivity index (χ1v) is 13.2. The molecule has 1 saturated carbocycles. The molecule has 2 aliphatic rings. The van der Waals surface area contributed by atoms with Crippen molar-refractivity contribution in [3.05, 3.63) is 34.9 Å². The Morgan fingerprint density at radius 3 is 2.65 bits per heavy atom. The third kappa shape index (κ3) is 8.14. The summed E-state index contributed by atoms with van der Waals surface area (Å²) in [7, 11) is 3.54. The van der Waals surface area contributed by atoms with Crippen LogP contribution >= 0.6 is 11.6 Å². The minimum Gasteiger partial charge on any atom is -0.363 e. The lowest BCUT2D eigenvalue weighted by Gasteiger charge is -2.38. The van der Waals surface area contributed by atoms with Crippen molar-refractivity contribution in [1.82, 2.24) is 20.9 Å². The van der Waals surface area contributed by atoms with Gasteiger partial charge in [-0.2, -0.15) is 0 Å². The lowest BCUT2D eigenvalue weighted by molar-refractivity contribution is -0.129. The number of likely N-dealkylation sites (tertiary alicyclic amines) is 1. The Bertz CT molecular complexity index is 787. The van der Waals surface area contributed by atoms with Crippen molar-refractivity contribution >= 4 is 23.5 Å². The van der Waals surface area contributed by atoms with Gasteiger partial charge >= 0.3 is 6.03 Å². The van der Waals surface area contributed by atoms with Crippen molar-refractivity contribution in [2.45, 2.75) is 63.5 Å². The van der Waals surface area contributed by atoms with Gasteiger partial charge in [0.1, 0.15) is 6.61 Å². The van der Waals surface area contributed by atoms with Crippen LogP contribution in [0.3, 0.4) is 0 Å². The highest BCUT2D eigenvalue weighted by molar-refractivity contribution is 6.30. The molecule has 7 nitrogen and oxygen atoms in total. The standard InChI is InChI=1S/C26H41ClN4O3/c1-28-16-23(14-19-8-4-3-5-9-19)30-26(33)31-13-7-11-21(17-31)25(34-18-24(32)29-2)20-10-6-12-22(27)15-20/h6,10,12,15,19,21,23,25,28H,3-5,7-9,11,13-14,16-18H2,1-2H3,(H,29,32)(H,30,33)/t21-,23?,25+/m1/s1. The molecule has 2 fully saturated rings. The maximum absolute atomic E-state index is 13.3. The fourth-order valence-corrected chi connectivity index (χ4v) is 5.60. The van der Waals surface area contributed by atoms with Crippen LogP contribution in [-0.4, -0.2) is 63.2 Å². The number of urea groups is 1. The largest absolute Gasteiger partial charge is 0.363 e. The smallest absolute Gasteiger partial charge is 0.317 e. The van der Waals surface area contributed by atoms with Crippen molar-refractivity contribution in [2.24, 2.45) is 11.8 Å². The molecular formula is C26H41ClN4O3. The number of carbonyl (C=O) groups is 2. The highest BCUT2D eigenvalue weighted by atomic mass is 35.5. The van der Waals surface area contributed by atoms with Crippen LogP contribution in [0.5, 0.6) is 0 Å². The number of hydrogen-bond donors (Lipinski definition) is 3. The predicted octanol–water partition coefficient (Wildman–Crippen LogP) is 4.12. The molecule has 3 amide bonds. The van der Waals surface area contributed by atoms with E-state index in [-0.39, 0.29) is 36.6 Å². The summed E-state index contributed by atoms with van der Waals surface area (Å²) < 4.78 is 6.08. The Morgan fingerprint density at radius 2 is 1.94 bits per heavy atom. The Morgan fingerprint density at radius 1 is 1.15 bits per heavy atom. The third-order valence-electron chi connectivity index (χ3n) is 7.14. The summed E-state index contributed by atoms with van der Waals surface area (Å²) in [5.74, 6) is 0.616. The van der Waals surface area contributed by atoms with E-state index in [1.165, 1.54) is 32.1 Å². The number of carbonyl (C=O) groups excluding carboxylic acids is 2. The predicted molar refractivity (Wildman–Crippen MR) is 136 cm³/mol. The molecule has 3 atom stereocenters. The second-order valence-electron chi connectivity index (χ2n) is 9.75. The molecule has 1 unspecified atom stereocenters. The number of nitrogens with one attached hydrogen (secondary N) is 3. The highest BCUT2D eigenvalue weighted by Crippen LogP contribution is 2.34. The first kappa shape index (κ1) is 26.8. The second kappa shape index (κ2) is 13.9. The van der Waals surface area contributed by atoms with Gasteiger partial charge in [-0.1, -0.05) is 55.8 Å². The Labute approximate surface area is 209 Å². The number of piperidine rings is 1. The molecule has 1 aromatic rings. The number of amides is 3. The fourth-order valence-electron chi connectivity index (χ4n) is 5.40. The summed E-state index contributed by atoms with van der Waals surface area (Å²) in [5.41, 5.74) is 0.939. The maximum Gasteiger partial charge on any atom is 0.317 e.